The quantitative estimate of drug-likeness (QED) is 0.354. The molecule has 156 valence electrons. The lowest BCUT2D eigenvalue weighted by atomic mass is 9.85. The lowest BCUT2D eigenvalue weighted by Gasteiger charge is -2.38. The van der Waals surface area contributed by atoms with E-state index in [0.29, 0.717) is 12.5 Å². The SMILES string of the molecule is Cc1cc2c(cc1C)C(c1ccccc1)N(CCCCCCCC(=O)NO)CC2. The van der Waals surface area contributed by atoms with Gasteiger partial charge < -0.3 is 0 Å². The topological polar surface area (TPSA) is 52.6 Å². The van der Waals surface area contributed by atoms with Crippen LogP contribution in [0, 0.1) is 13.8 Å². The Morgan fingerprint density at radius 2 is 1.72 bits per heavy atom. The molecule has 3 rings (SSSR count). The van der Waals surface area contributed by atoms with Crippen molar-refractivity contribution in [3.8, 4) is 0 Å². The first-order valence-electron chi connectivity index (χ1n) is 10.9. The molecule has 0 saturated heterocycles. The molecule has 0 radical (unpaired) electrons. The minimum atomic E-state index is -0.284. The number of unbranched alkanes of at least 4 members (excludes halogenated alkanes) is 4. The minimum Gasteiger partial charge on any atom is -0.292 e. The highest BCUT2D eigenvalue weighted by molar-refractivity contribution is 5.74. The number of aryl methyl sites for hydroxylation is 2. The van der Waals surface area contributed by atoms with Gasteiger partial charge in [0, 0.05) is 13.0 Å². The van der Waals surface area contributed by atoms with Gasteiger partial charge in [-0.1, -0.05) is 61.7 Å². The molecule has 1 atom stereocenters. The van der Waals surface area contributed by atoms with Crippen LogP contribution in [-0.4, -0.2) is 29.1 Å². The first-order chi connectivity index (χ1) is 14.1. The van der Waals surface area contributed by atoms with Crippen molar-refractivity contribution in [1.29, 1.82) is 0 Å². The van der Waals surface area contributed by atoms with Crippen LogP contribution in [0.25, 0.3) is 0 Å². The predicted molar refractivity (Wildman–Crippen MR) is 117 cm³/mol. The molecule has 0 aliphatic carbocycles. The van der Waals surface area contributed by atoms with Gasteiger partial charge in [-0.05, 0) is 67.5 Å². The minimum absolute atomic E-state index is 0.284. The summed E-state index contributed by atoms with van der Waals surface area (Å²) in [7, 11) is 0. The van der Waals surface area contributed by atoms with Crippen molar-refractivity contribution in [3.63, 3.8) is 0 Å². The van der Waals surface area contributed by atoms with Crippen LogP contribution >= 0.6 is 0 Å². The summed E-state index contributed by atoms with van der Waals surface area (Å²) in [6, 6.07) is 16.0. The van der Waals surface area contributed by atoms with Crippen LogP contribution in [0.3, 0.4) is 0 Å². The van der Waals surface area contributed by atoms with Crippen LogP contribution in [0.15, 0.2) is 42.5 Å². The number of hydrogen-bond donors (Lipinski definition) is 2. The summed E-state index contributed by atoms with van der Waals surface area (Å²) in [5.74, 6) is -0.284. The fourth-order valence-electron chi connectivity index (χ4n) is 4.41. The number of hydroxylamine groups is 1. The van der Waals surface area contributed by atoms with Gasteiger partial charge in [-0.2, -0.15) is 0 Å². The number of benzene rings is 2. The zero-order valence-corrected chi connectivity index (χ0v) is 17.8. The van der Waals surface area contributed by atoms with E-state index in [2.05, 4.69) is 61.2 Å². The van der Waals surface area contributed by atoms with Gasteiger partial charge >= 0.3 is 0 Å². The molecule has 2 N–H and O–H groups in total. The van der Waals surface area contributed by atoms with E-state index in [1.54, 1.807) is 5.48 Å². The van der Waals surface area contributed by atoms with Gasteiger partial charge in [-0.25, -0.2) is 5.48 Å². The molecule has 4 heteroatoms. The van der Waals surface area contributed by atoms with Gasteiger partial charge in [0.2, 0.25) is 5.91 Å². The highest BCUT2D eigenvalue weighted by Crippen LogP contribution is 2.36. The Labute approximate surface area is 174 Å². The van der Waals surface area contributed by atoms with Crippen LogP contribution in [-0.2, 0) is 11.2 Å². The van der Waals surface area contributed by atoms with Gasteiger partial charge in [-0.3, -0.25) is 14.9 Å². The number of rotatable bonds is 9. The number of carbonyl (C=O) groups is 1. The third kappa shape index (κ3) is 5.68. The summed E-state index contributed by atoms with van der Waals surface area (Å²) in [6.07, 6.45) is 6.90. The fourth-order valence-corrected chi connectivity index (χ4v) is 4.41. The lowest BCUT2D eigenvalue weighted by Crippen LogP contribution is -2.37. The molecule has 1 unspecified atom stereocenters. The van der Waals surface area contributed by atoms with Gasteiger partial charge in [0.05, 0.1) is 6.04 Å². The molecule has 1 amide bonds. The number of amides is 1. The number of carbonyl (C=O) groups excluding carboxylic acids is 1. The van der Waals surface area contributed by atoms with Crippen molar-refractivity contribution in [1.82, 2.24) is 10.4 Å². The van der Waals surface area contributed by atoms with E-state index in [0.717, 1.165) is 38.8 Å². The maximum absolute atomic E-state index is 11.1. The second-order valence-electron chi connectivity index (χ2n) is 8.29. The molecule has 1 aliphatic heterocycles. The van der Waals surface area contributed by atoms with Crippen molar-refractivity contribution in [3.05, 3.63) is 70.3 Å². The van der Waals surface area contributed by atoms with E-state index in [4.69, 9.17) is 5.21 Å². The summed E-state index contributed by atoms with van der Waals surface area (Å²) in [5.41, 5.74) is 8.82. The second kappa shape index (κ2) is 10.6. The molecule has 0 fully saturated rings. The van der Waals surface area contributed by atoms with E-state index in [9.17, 15) is 4.79 Å². The third-order valence-electron chi connectivity index (χ3n) is 6.17. The number of nitrogens with one attached hydrogen (secondary N) is 1. The Hall–Kier alpha value is -2.17. The maximum Gasteiger partial charge on any atom is 0.243 e. The molecule has 0 bridgehead atoms. The average Bonchev–Trinajstić information content (AvgIpc) is 2.74. The van der Waals surface area contributed by atoms with E-state index >= 15 is 0 Å². The smallest absolute Gasteiger partial charge is 0.243 e. The molecule has 0 aromatic heterocycles. The summed E-state index contributed by atoms with van der Waals surface area (Å²) >= 11 is 0. The number of hydrogen-bond acceptors (Lipinski definition) is 3. The van der Waals surface area contributed by atoms with Gasteiger partial charge in [-0.15, -0.1) is 0 Å². The van der Waals surface area contributed by atoms with Crippen molar-refractivity contribution < 1.29 is 10.0 Å². The molecule has 29 heavy (non-hydrogen) atoms. The summed E-state index contributed by atoms with van der Waals surface area (Å²) < 4.78 is 0. The van der Waals surface area contributed by atoms with Crippen LogP contribution in [0.1, 0.15) is 72.4 Å². The number of fused-ring (bicyclic) bond motifs is 1. The molecule has 1 heterocycles. The standard InChI is InChI=1S/C25H34N2O2/c1-19-17-22-14-16-27(15-10-5-3-4-9-13-24(28)26-29)25(23(22)18-20(19)2)21-11-7-6-8-12-21/h6-8,11-12,17-18,25,29H,3-5,9-10,13-16H2,1-2H3,(H,26,28). The van der Waals surface area contributed by atoms with E-state index in [1.807, 2.05) is 0 Å². The van der Waals surface area contributed by atoms with Crippen LogP contribution in [0.2, 0.25) is 0 Å². The lowest BCUT2D eigenvalue weighted by molar-refractivity contribution is -0.129. The predicted octanol–water partition coefficient (Wildman–Crippen LogP) is 5.10. The van der Waals surface area contributed by atoms with Crippen LogP contribution in [0.5, 0.6) is 0 Å². The van der Waals surface area contributed by atoms with Gasteiger partial charge in [0.1, 0.15) is 0 Å². The zero-order chi connectivity index (χ0) is 20.6. The first kappa shape index (κ1) is 21.5. The van der Waals surface area contributed by atoms with Crippen molar-refractivity contribution in [2.45, 2.75) is 64.8 Å². The summed E-state index contributed by atoms with van der Waals surface area (Å²) in [6.45, 7) is 6.63. The molecule has 0 spiro atoms. The van der Waals surface area contributed by atoms with Crippen LogP contribution < -0.4 is 5.48 Å². The molecule has 2 aromatic carbocycles. The van der Waals surface area contributed by atoms with E-state index < -0.39 is 0 Å². The van der Waals surface area contributed by atoms with E-state index in [-0.39, 0.29) is 5.91 Å². The third-order valence-corrected chi connectivity index (χ3v) is 6.17. The van der Waals surface area contributed by atoms with Crippen molar-refractivity contribution in [2.75, 3.05) is 13.1 Å². The summed E-state index contributed by atoms with van der Waals surface area (Å²) in [4.78, 5) is 13.7. The Morgan fingerprint density at radius 1 is 1.03 bits per heavy atom. The Kier molecular flexibility index (Phi) is 7.84. The molecular weight excluding hydrogens is 360 g/mol. The maximum atomic E-state index is 11.1. The molecule has 2 aromatic rings. The largest absolute Gasteiger partial charge is 0.292 e. The molecule has 0 saturated carbocycles. The Bertz CT molecular complexity index is 804. The average molecular weight is 395 g/mol. The normalized spacial score (nSPS) is 16.4. The second-order valence-corrected chi connectivity index (χ2v) is 8.29. The van der Waals surface area contributed by atoms with Gasteiger partial charge in [0.25, 0.3) is 0 Å². The highest BCUT2D eigenvalue weighted by atomic mass is 16.5. The van der Waals surface area contributed by atoms with Crippen LogP contribution in [0.4, 0.5) is 0 Å². The Balaban J connectivity index is 1.62. The summed E-state index contributed by atoms with van der Waals surface area (Å²) in [5, 5.41) is 8.54. The van der Waals surface area contributed by atoms with E-state index in [1.165, 1.54) is 40.7 Å². The highest BCUT2D eigenvalue weighted by Gasteiger charge is 2.28. The monoisotopic (exact) mass is 394 g/mol. The first-order valence-corrected chi connectivity index (χ1v) is 10.9. The van der Waals surface area contributed by atoms with Crippen molar-refractivity contribution in [2.24, 2.45) is 0 Å². The number of nitrogens with zero attached hydrogens (tertiary/aromatic N) is 1. The molecular formula is C25H34N2O2. The van der Waals surface area contributed by atoms with Gasteiger partial charge in [0.15, 0.2) is 0 Å². The van der Waals surface area contributed by atoms with Crippen molar-refractivity contribution >= 4 is 5.91 Å². The molecule has 4 nitrogen and oxygen atoms in total. The molecule has 1 aliphatic rings. The zero-order valence-electron chi connectivity index (χ0n) is 17.8. The fraction of sp³-hybridized carbons (Fsp3) is 0.480. The Morgan fingerprint density at radius 3 is 2.48 bits per heavy atom.